The molecule has 0 bridgehead atoms. The predicted molar refractivity (Wildman–Crippen MR) is 97.1 cm³/mol. The molecule has 0 aliphatic rings. The number of esters is 1. The van der Waals surface area contributed by atoms with Gasteiger partial charge in [0.25, 0.3) is 5.91 Å². The van der Waals surface area contributed by atoms with Crippen LogP contribution in [0.1, 0.15) is 24.3 Å². The number of aromatic nitrogens is 2. The Labute approximate surface area is 159 Å². The SMILES string of the molecule is CSc1ncc(C(=O)O[C@H](C(=O)NC(N)=O)C(C)C)n1-c1ccc(F)cc1. The third-order valence-corrected chi connectivity index (χ3v) is 4.20. The lowest BCUT2D eigenvalue weighted by Gasteiger charge is -2.20. The normalized spacial score (nSPS) is 11.9. The molecule has 27 heavy (non-hydrogen) atoms. The van der Waals surface area contributed by atoms with E-state index in [0.717, 1.165) is 0 Å². The molecule has 3 amide bonds. The summed E-state index contributed by atoms with van der Waals surface area (Å²) in [6.07, 6.45) is 1.86. The molecule has 0 saturated heterocycles. The van der Waals surface area contributed by atoms with E-state index in [0.29, 0.717) is 10.8 Å². The number of thioether (sulfide) groups is 1. The van der Waals surface area contributed by atoms with Gasteiger partial charge in [-0.3, -0.25) is 14.7 Å². The number of hydrogen-bond acceptors (Lipinski definition) is 6. The van der Waals surface area contributed by atoms with E-state index >= 15 is 0 Å². The average Bonchev–Trinajstić information content (AvgIpc) is 3.03. The van der Waals surface area contributed by atoms with Crippen molar-refractivity contribution < 1.29 is 23.5 Å². The highest BCUT2D eigenvalue weighted by Gasteiger charge is 2.30. The van der Waals surface area contributed by atoms with Gasteiger partial charge in [-0.2, -0.15) is 0 Å². The molecule has 2 aromatic rings. The Morgan fingerprint density at radius 1 is 1.26 bits per heavy atom. The first-order valence-electron chi connectivity index (χ1n) is 7.93. The van der Waals surface area contributed by atoms with Gasteiger partial charge in [-0.05, 0) is 36.4 Å². The standard InChI is InChI=1S/C17H19FN4O4S/c1-9(2)13(14(23)21-16(19)25)26-15(24)12-8-20-17(27-3)22(12)11-6-4-10(18)5-7-11/h4-9,13H,1-3H3,(H3,19,21,23,25)/t13-/m0/s1. The summed E-state index contributed by atoms with van der Waals surface area (Å²) in [6.45, 7) is 3.31. The molecule has 0 fully saturated rings. The molecule has 1 aromatic carbocycles. The van der Waals surface area contributed by atoms with Crippen LogP contribution in [-0.4, -0.2) is 39.8 Å². The van der Waals surface area contributed by atoms with Crippen molar-refractivity contribution in [3.8, 4) is 5.69 Å². The lowest BCUT2D eigenvalue weighted by Crippen LogP contribution is -2.45. The molecule has 3 N–H and O–H groups in total. The summed E-state index contributed by atoms with van der Waals surface area (Å²) in [5.41, 5.74) is 5.51. The summed E-state index contributed by atoms with van der Waals surface area (Å²) < 4.78 is 20.0. The zero-order chi connectivity index (χ0) is 20.1. The molecule has 0 aliphatic heterocycles. The number of benzene rings is 1. The summed E-state index contributed by atoms with van der Waals surface area (Å²) in [7, 11) is 0. The molecule has 144 valence electrons. The van der Waals surface area contributed by atoms with Gasteiger partial charge >= 0.3 is 12.0 Å². The summed E-state index contributed by atoms with van der Waals surface area (Å²) in [6, 6.07) is 4.46. The molecule has 1 atom stereocenters. The van der Waals surface area contributed by atoms with Gasteiger partial charge in [-0.15, -0.1) is 0 Å². The monoisotopic (exact) mass is 394 g/mol. The number of halogens is 1. The molecule has 0 spiro atoms. The van der Waals surface area contributed by atoms with Gasteiger partial charge in [-0.25, -0.2) is 19.0 Å². The van der Waals surface area contributed by atoms with Gasteiger partial charge in [0, 0.05) is 5.69 Å². The molecule has 1 heterocycles. The topological polar surface area (TPSA) is 116 Å². The van der Waals surface area contributed by atoms with Crippen molar-refractivity contribution in [2.45, 2.75) is 25.1 Å². The highest BCUT2D eigenvalue weighted by molar-refractivity contribution is 7.98. The third kappa shape index (κ3) is 4.85. The van der Waals surface area contributed by atoms with Crippen LogP contribution in [0.15, 0.2) is 35.6 Å². The number of nitrogens with zero attached hydrogens (tertiary/aromatic N) is 2. The van der Waals surface area contributed by atoms with Crippen LogP contribution in [0.4, 0.5) is 9.18 Å². The van der Waals surface area contributed by atoms with Crippen molar-refractivity contribution in [3.05, 3.63) is 42.0 Å². The molecule has 1 aromatic heterocycles. The van der Waals surface area contributed by atoms with Crippen LogP contribution >= 0.6 is 11.8 Å². The maximum absolute atomic E-state index is 13.2. The zero-order valence-corrected chi connectivity index (χ0v) is 15.7. The van der Waals surface area contributed by atoms with E-state index in [1.54, 1.807) is 20.1 Å². The van der Waals surface area contributed by atoms with Gasteiger partial charge in [0.15, 0.2) is 17.0 Å². The number of imide groups is 1. The Morgan fingerprint density at radius 2 is 1.89 bits per heavy atom. The minimum atomic E-state index is -1.22. The molecule has 10 heteroatoms. The maximum Gasteiger partial charge on any atom is 0.357 e. The number of primary amides is 1. The van der Waals surface area contributed by atoms with E-state index in [-0.39, 0.29) is 5.69 Å². The van der Waals surface area contributed by atoms with Crippen molar-refractivity contribution in [2.24, 2.45) is 11.7 Å². The minimum Gasteiger partial charge on any atom is -0.447 e. The van der Waals surface area contributed by atoms with Gasteiger partial charge in [-0.1, -0.05) is 25.6 Å². The number of amides is 3. The zero-order valence-electron chi connectivity index (χ0n) is 14.9. The summed E-state index contributed by atoms with van der Waals surface area (Å²) >= 11 is 1.28. The Kier molecular flexibility index (Phi) is 6.56. The van der Waals surface area contributed by atoms with E-state index in [9.17, 15) is 18.8 Å². The van der Waals surface area contributed by atoms with E-state index in [4.69, 9.17) is 10.5 Å². The first-order chi connectivity index (χ1) is 12.7. The van der Waals surface area contributed by atoms with Gasteiger partial charge in [0.2, 0.25) is 0 Å². The number of urea groups is 1. The Hall–Kier alpha value is -2.88. The number of ether oxygens (including phenoxy) is 1. The number of rotatable bonds is 6. The van der Waals surface area contributed by atoms with Crippen LogP contribution in [0.5, 0.6) is 0 Å². The Bertz CT molecular complexity index is 851. The van der Waals surface area contributed by atoms with Crippen molar-refractivity contribution in [1.82, 2.24) is 14.9 Å². The molecule has 2 rings (SSSR count). The third-order valence-electron chi connectivity index (χ3n) is 3.55. The van der Waals surface area contributed by atoms with Crippen LogP contribution in [-0.2, 0) is 9.53 Å². The van der Waals surface area contributed by atoms with Crippen molar-refractivity contribution in [2.75, 3.05) is 6.26 Å². The second-order valence-corrected chi connectivity index (χ2v) is 6.64. The number of imidazole rings is 1. The summed E-state index contributed by atoms with van der Waals surface area (Å²) in [5.74, 6) is -2.46. The smallest absolute Gasteiger partial charge is 0.357 e. The van der Waals surface area contributed by atoms with Crippen molar-refractivity contribution >= 4 is 29.7 Å². The van der Waals surface area contributed by atoms with Crippen molar-refractivity contribution in [3.63, 3.8) is 0 Å². The fourth-order valence-electron chi connectivity index (χ4n) is 2.32. The molecule has 0 aliphatic carbocycles. The second-order valence-electron chi connectivity index (χ2n) is 5.87. The largest absolute Gasteiger partial charge is 0.447 e. The molecule has 0 saturated carbocycles. The summed E-state index contributed by atoms with van der Waals surface area (Å²) in [4.78, 5) is 39.8. The molecular formula is C17H19FN4O4S. The quantitative estimate of drug-likeness (QED) is 0.573. The Balaban J connectivity index is 2.35. The van der Waals surface area contributed by atoms with E-state index in [2.05, 4.69) is 4.98 Å². The lowest BCUT2D eigenvalue weighted by atomic mass is 10.1. The molecule has 0 radical (unpaired) electrons. The Morgan fingerprint density at radius 3 is 2.41 bits per heavy atom. The minimum absolute atomic E-state index is 0.0588. The molecule has 8 nitrogen and oxygen atoms in total. The van der Waals surface area contributed by atoms with Crippen molar-refractivity contribution in [1.29, 1.82) is 0 Å². The molecule has 0 unspecified atom stereocenters. The first-order valence-corrected chi connectivity index (χ1v) is 9.16. The van der Waals surface area contributed by atoms with Crippen LogP contribution in [0.3, 0.4) is 0 Å². The highest BCUT2D eigenvalue weighted by Crippen LogP contribution is 2.23. The highest BCUT2D eigenvalue weighted by atomic mass is 32.2. The number of nitrogens with two attached hydrogens (primary N) is 1. The molecular weight excluding hydrogens is 375 g/mol. The average molecular weight is 394 g/mol. The van der Waals surface area contributed by atoms with Crippen LogP contribution in [0.25, 0.3) is 5.69 Å². The first kappa shape index (κ1) is 20.4. The van der Waals surface area contributed by atoms with Crippen LogP contribution < -0.4 is 11.1 Å². The second kappa shape index (κ2) is 8.67. The van der Waals surface area contributed by atoms with Crippen LogP contribution in [0, 0.1) is 11.7 Å². The fourth-order valence-corrected chi connectivity index (χ4v) is 2.87. The number of carbonyl (C=O) groups excluding carboxylic acids is 3. The van der Waals surface area contributed by atoms with E-state index < -0.39 is 35.7 Å². The summed E-state index contributed by atoms with van der Waals surface area (Å²) in [5, 5.41) is 2.39. The number of hydrogen-bond donors (Lipinski definition) is 2. The van der Waals surface area contributed by atoms with Crippen LogP contribution in [0.2, 0.25) is 0 Å². The predicted octanol–water partition coefficient (Wildman–Crippen LogP) is 2.11. The van der Waals surface area contributed by atoms with Gasteiger partial charge < -0.3 is 10.5 Å². The fraction of sp³-hybridized carbons (Fsp3) is 0.294. The van der Waals surface area contributed by atoms with E-state index in [1.807, 2.05) is 5.32 Å². The van der Waals surface area contributed by atoms with E-state index in [1.165, 1.54) is 46.8 Å². The lowest BCUT2D eigenvalue weighted by molar-refractivity contribution is -0.130. The van der Waals surface area contributed by atoms with Gasteiger partial charge in [0.1, 0.15) is 5.82 Å². The number of carbonyl (C=O) groups is 3. The maximum atomic E-state index is 13.2. The van der Waals surface area contributed by atoms with Gasteiger partial charge in [0.05, 0.1) is 6.20 Å². The number of nitrogens with one attached hydrogen (secondary N) is 1.